The molecule has 0 radical (unpaired) electrons. The van der Waals surface area contributed by atoms with Gasteiger partial charge in [0.2, 0.25) is 17.6 Å². The van der Waals surface area contributed by atoms with Gasteiger partial charge in [0.15, 0.2) is 5.78 Å². The van der Waals surface area contributed by atoms with Gasteiger partial charge in [0, 0.05) is 43.7 Å². The summed E-state index contributed by atoms with van der Waals surface area (Å²) in [6.45, 7) is 9.72. The van der Waals surface area contributed by atoms with E-state index in [1.54, 1.807) is 25.7 Å². The lowest BCUT2D eigenvalue weighted by atomic mass is 9.86. The molecule has 42 heavy (non-hydrogen) atoms. The Labute approximate surface area is 248 Å². The first kappa shape index (κ1) is 32.5. The summed E-state index contributed by atoms with van der Waals surface area (Å²) >= 11 is 0. The van der Waals surface area contributed by atoms with Crippen molar-refractivity contribution in [2.75, 3.05) is 6.54 Å². The monoisotopic (exact) mass is 594 g/mol. The number of ketones is 2. The Morgan fingerprint density at radius 2 is 1.60 bits per heavy atom. The van der Waals surface area contributed by atoms with Crippen LogP contribution in [0.25, 0.3) is 0 Å². The Morgan fingerprint density at radius 3 is 2.19 bits per heavy atom. The van der Waals surface area contributed by atoms with E-state index in [9.17, 15) is 32.8 Å². The van der Waals surface area contributed by atoms with Crippen molar-refractivity contribution in [1.82, 2.24) is 10.2 Å². The Bertz CT molecular complexity index is 1080. The van der Waals surface area contributed by atoms with E-state index in [0.717, 1.165) is 12.8 Å². The van der Waals surface area contributed by atoms with Gasteiger partial charge in [-0.2, -0.15) is 0 Å². The lowest BCUT2D eigenvalue weighted by Crippen LogP contribution is -2.49. The highest BCUT2D eigenvalue weighted by Crippen LogP contribution is 2.65. The van der Waals surface area contributed by atoms with Crippen LogP contribution in [0.1, 0.15) is 112 Å². The molecule has 0 unspecified atom stereocenters. The molecule has 236 valence electrons. The molecule has 0 aromatic carbocycles. The number of esters is 1. The smallest absolute Gasteiger partial charge is 0.307 e. The molecule has 1 N–H and O–H groups in total. The number of halogens is 2. The second-order valence-electron chi connectivity index (χ2n) is 14.7. The predicted octanol–water partition coefficient (Wildman–Crippen LogP) is 5.01. The Hall–Kier alpha value is -2.39. The molecule has 5 atom stereocenters. The molecule has 8 nitrogen and oxygen atoms in total. The van der Waals surface area contributed by atoms with E-state index in [2.05, 4.69) is 19.2 Å². The summed E-state index contributed by atoms with van der Waals surface area (Å²) in [6, 6.07) is -0.766. The fourth-order valence-electron chi connectivity index (χ4n) is 7.05. The Morgan fingerprint density at radius 1 is 0.976 bits per heavy atom. The molecular formula is C32H48F2N2O6. The van der Waals surface area contributed by atoms with Crippen LogP contribution in [0.3, 0.4) is 0 Å². The van der Waals surface area contributed by atoms with E-state index in [0.29, 0.717) is 19.4 Å². The summed E-state index contributed by atoms with van der Waals surface area (Å²) < 4.78 is 34.8. The average Bonchev–Trinajstić information content (AvgIpc) is 3.72. The van der Waals surface area contributed by atoms with Crippen LogP contribution in [0.15, 0.2) is 0 Å². The number of rotatable bonds is 5. The summed E-state index contributed by atoms with van der Waals surface area (Å²) in [4.78, 5) is 68.2. The van der Waals surface area contributed by atoms with Crippen LogP contribution in [0.5, 0.6) is 0 Å². The molecule has 2 saturated carbocycles. The average molecular weight is 595 g/mol. The number of piperidine rings is 1. The number of nitrogens with one attached hydrogen (secondary N) is 1. The van der Waals surface area contributed by atoms with Crippen molar-refractivity contribution < 1.29 is 37.5 Å². The summed E-state index contributed by atoms with van der Waals surface area (Å²) in [5.41, 5.74) is -0.890. The summed E-state index contributed by atoms with van der Waals surface area (Å²) in [5, 5.41) is 2.69. The molecule has 4 rings (SSSR count). The fraction of sp³-hybridized carbons (Fsp3) is 0.844. The van der Waals surface area contributed by atoms with Crippen molar-refractivity contribution in [3.05, 3.63) is 0 Å². The largest absolute Gasteiger partial charge is 0.460 e. The number of hydrogen-bond donors (Lipinski definition) is 1. The van der Waals surface area contributed by atoms with Gasteiger partial charge in [0.25, 0.3) is 5.91 Å². The number of ether oxygens (including phenoxy) is 1. The van der Waals surface area contributed by atoms with Gasteiger partial charge < -0.3 is 15.0 Å². The van der Waals surface area contributed by atoms with Crippen LogP contribution in [-0.2, 0) is 28.7 Å². The fourth-order valence-corrected chi connectivity index (χ4v) is 7.05. The van der Waals surface area contributed by atoms with Gasteiger partial charge in [0.1, 0.15) is 5.60 Å². The van der Waals surface area contributed by atoms with E-state index in [-0.39, 0.29) is 86.3 Å². The van der Waals surface area contributed by atoms with Crippen molar-refractivity contribution in [2.24, 2.45) is 29.1 Å². The number of carbonyl (C=O) groups excluding carboxylic acids is 5. The zero-order chi connectivity index (χ0) is 31.0. The molecule has 2 aliphatic heterocycles. The standard InChI is InChI=1S/C32H48F2N2O6/c1-30(2,3)42-24(38)17-20-11-7-9-15-32(33,34)14-8-6-10-19(27(39)28(40)35-21-12-13-21)16-23(37)26-25-22(31(25,4)5)18-36(26)29(20)41/h19-22,25-26H,6-18H2,1-5H3,(H,35,40)/t19-,20-,22+,25+,26-/m1/s1. The maximum Gasteiger partial charge on any atom is 0.307 e. The minimum absolute atomic E-state index is 0.0279. The molecule has 2 saturated heterocycles. The number of alkyl halides is 2. The zero-order valence-electron chi connectivity index (χ0n) is 25.8. The first-order valence-electron chi connectivity index (χ1n) is 15.8. The number of fused-ring (bicyclic) bond motifs is 3. The van der Waals surface area contributed by atoms with Gasteiger partial charge in [-0.05, 0) is 76.5 Å². The van der Waals surface area contributed by atoms with E-state index < -0.39 is 47.1 Å². The maximum atomic E-state index is 14.6. The van der Waals surface area contributed by atoms with E-state index >= 15 is 0 Å². The van der Waals surface area contributed by atoms with Gasteiger partial charge in [-0.3, -0.25) is 24.0 Å². The molecule has 10 heteroatoms. The van der Waals surface area contributed by atoms with Gasteiger partial charge in [-0.15, -0.1) is 0 Å². The maximum absolute atomic E-state index is 14.6. The Kier molecular flexibility index (Phi) is 9.53. The normalized spacial score (nSPS) is 32.0. The minimum Gasteiger partial charge on any atom is -0.460 e. The molecular weight excluding hydrogens is 546 g/mol. The van der Waals surface area contributed by atoms with Crippen LogP contribution >= 0.6 is 0 Å². The van der Waals surface area contributed by atoms with Crippen molar-refractivity contribution in [3.63, 3.8) is 0 Å². The highest BCUT2D eigenvalue weighted by molar-refractivity contribution is 6.37. The number of amides is 2. The number of Topliss-reactive ketones (excluding diaryl/α,β-unsaturated/α-hetero) is 2. The second-order valence-corrected chi connectivity index (χ2v) is 14.7. The van der Waals surface area contributed by atoms with E-state index in [1.165, 1.54) is 0 Å². The highest BCUT2D eigenvalue weighted by atomic mass is 19.3. The minimum atomic E-state index is -2.90. The lowest BCUT2D eigenvalue weighted by Gasteiger charge is -2.34. The van der Waals surface area contributed by atoms with Gasteiger partial charge in [0.05, 0.1) is 12.5 Å². The third kappa shape index (κ3) is 7.95. The van der Waals surface area contributed by atoms with Gasteiger partial charge in [-0.1, -0.05) is 26.7 Å². The van der Waals surface area contributed by atoms with Crippen LogP contribution in [0.4, 0.5) is 8.78 Å². The quantitative estimate of drug-likeness (QED) is 0.354. The van der Waals surface area contributed by atoms with Gasteiger partial charge >= 0.3 is 5.97 Å². The van der Waals surface area contributed by atoms with E-state index in [1.807, 2.05) is 0 Å². The van der Waals surface area contributed by atoms with Crippen LogP contribution in [0.2, 0.25) is 0 Å². The number of hydrogen-bond acceptors (Lipinski definition) is 6. The summed E-state index contributed by atoms with van der Waals surface area (Å²) in [5.74, 6) is -7.12. The topological polar surface area (TPSA) is 110 Å². The number of nitrogens with zero attached hydrogens (tertiary/aromatic N) is 1. The SMILES string of the molecule is CC(C)(C)OC(=O)C[C@H]1CCCCC(F)(F)CCCC[C@@H](C(=O)C(=O)NC2CC2)CC(=O)[C@@H]2[C@@H]3[C@H](CN2C1=O)C3(C)C. The zero-order valence-corrected chi connectivity index (χ0v) is 25.8. The molecule has 4 aliphatic rings. The molecule has 0 aromatic rings. The number of carbonyl (C=O) groups is 5. The van der Waals surface area contributed by atoms with Crippen molar-refractivity contribution in [3.8, 4) is 0 Å². The van der Waals surface area contributed by atoms with Crippen molar-refractivity contribution in [1.29, 1.82) is 0 Å². The molecule has 0 spiro atoms. The van der Waals surface area contributed by atoms with Crippen LogP contribution in [0, 0.1) is 29.1 Å². The van der Waals surface area contributed by atoms with Gasteiger partial charge in [-0.25, -0.2) is 8.78 Å². The van der Waals surface area contributed by atoms with Crippen molar-refractivity contribution in [2.45, 2.75) is 135 Å². The van der Waals surface area contributed by atoms with Crippen molar-refractivity contribution >= 4 is 29.4 Å². The Balaban J connectivity index is 1.59. The van der Waals surface area contributed by atoms with Crippen LogP contribution < -0.4 is 5.32 Å². The van der Waals surface area contributed by atoms with Crippen LogP contribution in [-0.4, -0.2) is 64.4 Å². The second kappa shape index (κ2) is 12.3. The molecule has 2 amide bonds. The van der Waals surface area contributed by atoms with E-state index in [4.69, 9.17) is 4.74 Å². The lowest BCUT2D eigenvalue weighted by molar-refractivity contribution is -0.159. The molecule has 0 aromatic heterocycles. The first-order valence-corrected chi connectivity index (χ1v) is 15.8. The molecule has 4 fully saturated rings. The summed E-state index contributed by atoms with van der Waals surface area (Å²) in [7, 11) is 0. The highest BCUT2D eigenvalue weighted by Gasteiger charge is 2.69. The first-order chi connectivity index (χ1) is 19.5. The summed E-state index contributed by atoms with van der Waals surface area (Å²) in [6.07, 6.45) is 1.99. The predicted molar refractivity (Wildman–Crippen MR) is 151 cm³/mol. The molecule has 2 aliphatic carbocycles. The third-order valence-electron chi connectivity index (χ3n) is 9.65. The molecule has 0 bridgehead atoms. The third-order valence-corrected chi connectivity index (χ3v) is 9.65. The molecule has 2 heterocycles.